The molecule has 3 aliphatic rings. The van der Waals surface area contributed by atoms with Gasteiger partial charge < -0.3 is 20.6 Å². The van der Waals surface area contributed by atoms with Crippen LogP contribution in [0.3, 0.4) is 0 Å². The molecule has 9 heteroatoms. The molecule has 0 saturated carbocycles. The molecule has 2 aromatic carbocycles. The quantitative estimate of drug-likeness (QED) is 0.317. The van der Waals surface area contributed by atoms with Gasteiger partial charge in [-0.1, -0.05) is 64.5 Å². The summed E-state index contributed by atoms with van der Waals surface area (Å²) in [6, 6.07) is 18.3. The average Bonchev–Trinajstić information content (AvgIpc) is 3.47. The van der Waals surface area contributed by atoms with Crippen LogP contribution in [0.5, 0.6) is 0 Å². The van der Waals surface area contributed by atoms with Gasteiger partial charge in [-0.05, 0) is 37.0 Å². The molecule has 0 aromatic heterocycles. The maximum atomic E-state index is 13.9. The lowest BCUT2D eigenvalue weighted by molar-refractivity contribution is -0.139. The Morgan fingerprint density at radius 2 is 1.75 bits per heavy atom. The molecular weight excluding hydrogens is 542 g/mol. The fourth-order valence-electron chi connectivity index (χ4n) is 5.99. The first kappa shape index (κ1) is 25.3. The standard InChI is InChI=1S/C27H30BrN3O4S/c28-19-15-27-21(20(22(19)36-27)24(33)30-18-11-5-2-6-12-18)26(35)31(13-7-8-14-32)23(27)25(34)29-16-17-9-3-1-4-10-17/h1-6,9-12,19-23,32H,7-8,13-16H2,(H,29,34)(H,30,33)/t19?,20-,21+,22-,23?,27?/m1/s1. The molecule has 0 radical (unpaired) electrons. The van der Waals surface area contributed by atoms with Gasteiger partial charge in [0.05, 0.1) is 16.6 Å². The van der Waals surface area contributed by atoms with Gasteiger partial charge >= 0.3 is 0 Å². The second-order valence-electron chi connectivity index (χ2n) is 9.68. The summed E-state index contributed by atoms with van der Waals surface area (Å²) in [7, 11) is 0. The Morgan fingerprint density at radius 1 is 1.06 bits per heavy atom. The molecule has 3 amide bonds. The Labute approximate surface area is 223 Å². The van der Waals surface area contributed by atoms with Crippen molar-refractivity contribution in [2.75, 3.05) is 18.5 Å². The molecule has 5 rings (SSSR count). The minimum atomic E-state index is -0.672. The number of aliphatic hydroxyl groups excluding tert-OH is 1. The summed E-state index contributed by atoms with van der Waals surface area (Å²) in [5.74, 6) is -1.59. The Bertz CT molecular complexity index is 1120. The van der Waals surface area contributed by atoms with E-state index in [0.29, 0.717) is 38.0 Å². The molecular formula is C27H30BrN3O4S. The zero-order valence-electron chi connectivity index (χ0n) is 19.8. The maximum absolute atomic E-state index is 13.9. The molecule has 0 aliphatic carbocycles. The van der Waals surface area contributed by atoms with Crippen LogP contribution in [0.1, 0.15) is 24.8 Å². The summed E-state index contributed by atoms with van der Waals surface area (Å²) in [5, 5.41) is 15.3. The number of rotatable bonds is 9. The Balaban J connectivity index is 1.43. The van der Waals surface area contributed by atoms with Gasteiger partial charge in [0.2, 0.25) is 17.7 Å². The number of unbranched alkanes of at least 4 members (excludes halogenated alkanes) is 1. The highest BCUT2D eigenvalue weighted by Crippen LogP contribution is 2.67. The number of thioether (sulfide) groups is 1. The number of anilines is 1. The fraction of sp³-hybridized carbons (Fsp3) is 0.444. The molecule has 3 fully saturated rings. The van der Waals surface area contributed by atoms with Crippen molar-refractivity contribution in [1.82, 2.24) is 10.2 Å². The summed E-state index contributed by atoms with van der Waals surface area (Å²) >= 11 is 5.41. The van der Waals surface area contributed by atoms with Crippen LogP contribution in [0.2, 0.25) is 0 Å². The van der Waals surface area contributed by atoms with Crippen LogP contribution in [0.4, 0.5) is 5.69 Å². The van der Waals surface area contributed by atoms with E-state index in [2.05, 4.69) is 26.6 Å². The molecule has 190 valence electrons. The molecule has 7 nitrogen and oxygen atoms in total. The van der Waals surface area contributed by atoms with Gasteiger partial charge in [0.1, 0.15) is 6.04 Å². The van der Waals surface area contributed by atoms with E-state index in [1.165, 1.54) is 0 Å². The van der Waals surface area contributed by atoms with Crippen molar-refractivity contribution < 1.29 is 19.5 Å². The predicted molar refractivity (Wildman–Crippen MR) is 144 cm³/mol. The highest BCUT2D eigenvalue weighted by Gasteiger charge is 2.75. The number of fused-ring (bicyclic) bond motifs is 1. The second kappa shape index (κ2) is 10.6. The molecule has 6 atom stereocenters. The van der Waals surface area contributed by atoms with E-state index in [9.17, 15) is 19.5 Å². The largest absolute Gasteiger partial charge is 0.396 e. The van der Waals surface area contributed by atoms with Gasteiger partial charge in [-0.3, -0.25) is 14.4 Å². The van der Waals surface area contributed by atoms with Gasteiger partial charge in [0, 0.05) is 35.5 Å². The van der Waals surface area contributed by atoms with Crippen LogP contribution in [-0.4, -0.2) is 61.7 Å². The van der Waals surface area contributed by atoms with Gasteiger partial charge in [-0.2, -0.15) is 0 Å². The van der Waals surface area contributed by atoms with Crippen molar-refractivity contribution in [2.24, 2.45) is 11.8 Å². The van der Waals surface area contributed by atoms with E-state index in [4.69, 9.17) is 0 Å². The number of alkyl halides is 1. The van der Waals surface area contributed by atoms with Crippen LogP contribution in [0.25, 0.3) is 0 Å². The monoisotopic (exact) mass is 571 g/mol. The SMILES string of the molecule is O=C(NCc1ccccc1)C1N(CCCCO)C(=O)[C@@H]2[C@@H](C(=O)Nc3ccccc3)[C@@H]3SC12CC3Br. The molecule has 36 heavy (non-hydrogen) atoms. The predicted octanol–water partition coefficient (Wildman–Crippen LogP) is 3.18. The highest BCUT2D eigenvalue weighted by atomic mass is 79.9. The van der Waals surface area contributed by atoms with E-state index >= 15 is 0 Å². The zero-order valence-corrected chi connectivity index (χ0v) is 22.2. The number of nitrogens with zero attached hydrogens (tertiary/aromatic N) is 1. The number of hydrogen-bond acceptors (Lipinski definition) is 5. The van der Waals surface area contributed by atoms with Crippen molar-refractivity contribution in [2.45, 2.75) is 46.7 Å². The lowest BCUT2D eigenvalue weighted by Gasteiger charge is -2.35. The van der Waals surface area contributed by atoms with Crippen molar-refractivity contribution in [3.63, 3.8) is 0 Å². The normalized spacial score (nSPS) is 30.3. The number of carbonyl (C=O) groups excluding carboxylic acids is 3. The third-order valence-corrected chi connectivity index (χ3v) is 10.7. The lowest BCUT2D eigenvalue weighted by atomic mass is 9.70. The first-order valence-electron chi connectivity index (χ1n) is 12.4. The van der Waals surface area contributed by atoms with Crippen LogP contribution in [-0.2, 0) is 20.9 Å². The summed E-state index contributed by atoms with van der Waals surface area (Å²) < 4.78 is -0.672. The minimum Gasteiger partial charge on any atom is -0.396 e. The number of carbonyl (C=O) groups is 3. The molecule has 1 spiro atoms. The van der Waals surface area contributed by atoms with E-state index in [0.717, 1.165) is 5.56 Å². The highest BCUT2D eigenvalue weighted by molar-refractivity contribution is 9.09. The number of halogens is 1. The first-order chi connectivity index (χ1) is 17.5. The number of hydrogen-bond donors (Lipinski definition) is 3. The van der Waals surface area contributed by atoms with Gasteiger partial charge in [0.15, 0.2) is 0 Å². The van der Waals surface area contributed by atoms with E-state index in [-0.39, 0.29) is 34.4 Å². The first-order valence-corrected chi connectivity index (χ1v) is 14.2. The van der Waals surface area contributed by atoms with E-state index < -0.39 is 22.6 Å². The third kappa shape index (κ3) is 4.46. The summed E-state index contributed by atoms with van der Waals surface area (Å²) in [6.07, 6.45) is 1.79. The molecule has 3 N–H and O–H groups in total. The van der Waals surface area contributed by atoms with Crippen LogP contribution in [0, 0.1) is 11.8 Å². The van der Waals surface area contributed by atoms with Crippen LogP contribution < -0.4 is 10.6 Å². The number of amides is 3. The van der Waals surface area contributed by atoms with Crippen molar-refractivity contribution in [3.8, 4) is 0 Å². The molecule has 3 heterocycles. The molecule has 3 aliphatic heterocycles. The van der Waals surface area contributed by atoms with Crippen molar-refractivity contribution >= 4 is 51.1 Å². The van der Waals surface area contributed by atoms with Crippen LogP contribution in [0.15, 0.2) is 60.7 Å². The van der Waals surface area contributed by atoms with E-state index in [1.54, 1.807) is 16.7 Å². The van der Waals surface area contributed by atoms with Crippen molar-refractivity contribution in [3.05, 3.63) is 66.2 Å². The van der Waals surface area contributed by atoms with Gasteiger partial charge in [0.25, 0.3) is 0 Å². The zero-order chi connectivity index (χ0) is 25.3. The average molecular weight is 573 g/mol. The minimum absolute atomic E-state index is 0.0277. The van der Waals surface area contributed by atoms with Gasteiger partial charge in [-0.25, -0.2) is 0 Å². The molecule has 2 bridgehead atoms. The lowest BCUT2D eigenvalue weighted by Crippen LogP contribution is -2.54. The number of aliphatic hydroxyl groups is 1. The maximum Gasteiger partial charge on any atom is 0.244 e. The Morgan fingerprint density at radius 3 is 2.44 bits per heavy atom. The molecule has 3 saturated heterocycles. The Kier molecular flexibility index (Phi) is 7.42. The third-order valence-electron chi connectivity index (χ3n) is 7.50. The Hall–Kier alpha value is -2.36. The number of likely N-dealkylation sites (tertiary alicyclic amines) is 1. The second-order valence-corrected chi connectivity index (χ2v) is 12.4. The smallest absolute Gasteiger partial charge is 0.244 e. The topological polar surface area (TPSA) is 98.7 Å². The molecule has 3 unspecified atom stereocenters. The van der Waals surface area contributed by atoms with Crippen LogP contribution >= 0.6 is 27.7 Å². The molecule has 2 aromatic rings. The van der Waals surface area contributed by atoms with Gasteiger partial charge in [-0.15, -0.1) is 11.8 Å². The van der Waals surface area contributed by atoms with E-state index in [1.807, 2.05) is 60.7 Å². The number of para-hydroxylation sites is 1. The summed E-state index contributed by atoms with van der Waals surface area (Å²) in [4.78, 5) is 42.9. The number of nitrogens with one attached hydrogen (secondary N) is 2. The van der Waals surface area contributed by atoms with Crippen molar-refractivity contribution in [1.29, 1.82) is 0 Å². The summed E-state index contributed by atoms with van der Waals surface area (Å²) in [6.45, 7) is 0.787. The number of benzene rings is 2. The fourth-order valence-corrected chi connectivity index (χ4v) is 9.61. The summed E-state index contributed by atoms with van der Waals surface area (Å²) in [5.41, 5.74) is 1.68.